The van der Waals surface area contributed by atoms with Crippen molar-refractivity contribution in [2.45, 2.75) is 38.4 Å². The summed E-state index contributed by atoms with van der Waals surface area (Å²) in [5.41, 5.74) is 5.48. The zero-order valence-corrected chi connectivity index (χ0v) is 13.2. The minimum Gasteiger partial charge on any atom is -0.455 e. The molecule has 0 unspecified atom stereocenters. The van der Waals surface area contributed by atoms with Crippen molar-refractivity contribution in [3.63, 3.8) is 0 Å². The Balaban J connectivity index is 2.38. The number of hydrogen-bond acceptors (Lipinski definition) is 7. The van der Waals surface area contributed by atoms with E-state index in [1.807, 2.05) is 0 Å². The van der Waals surface area contributed by atoms with Gasteiger partial charge in [-0.25, -0.2) is 0 Å². The predicted octanol–water partition coefficient (Wildman–Crippen LogP) is -1.17. The number of primary amides is 1. The molecule has 24 heavy (non-hydrogen) atoms. The highest BCUT2D eigenvalue weighted by atomic mass is 16.6. The molecule has 0 saturated carbocycles. The van der Waals surface area contributed by atoms with Gasteiger partial charge in [-0.3, -0.25) is 14.4 Å². The number of aromatic nitrogens is 1. The summed E-state index contributed by atoms with van der Waals surface area (Å²) in [6, 6.07) is 3.09. The summed E-state index contributed by atoms with van der Waals surface area (Å²) in [5, 5.41) is 9.47. The Morgan fingerprint density at radius 3 is 2.42 bits per heavy atom. The lowest BCUT2D eigenvalue weighted by molar-refractivity contribution is -0.765. The highest BCUT2D eigenvalue weighted by Crippen LogP contribution is 2.30. The summed E-state index contributed by atoms with van der Waals surface area (Å²) in [6.07, 6.45) is -0.739. The average molecular weight is 339 g/mol. The highest BCUT2D eigenvalue weighted by Gasteiger charge is 2.54. The third-order valence-electron chi connectivity index (χ3n) is 3.47. The van der Waals surface area contributed by atoms with Gasteiger partial charge in [0.25, 0.3) is 5.91 Å². The molecule has 9 heteroatoms. The molecule has 0 aliphatic carbocycles. The van der Waals surface area contributed by atoms with Crippen molar-refractivity contribution in [1.82, 2.24) is 0 Å². The average Bonchev–Trinajstić information content (AvgIpc) is 2.84. The first kappa shape index (κ1) is 17.8. The first-order valence-electron chi connectivity index (χ1n) is 7.25. The summed E-state index contributed by atoms with van der Waals surface area (Å²) < 4.78 is 17.5. The number of amides is 1. The Bertz CT molecular complexity index is 648. The summed E-state index contributed by atoms with van der Waals surface area (Å²) in [7, 11) is 0. The van der Waals surface area contributed by atoms with Gasteiger partial charge in [0, 0.05) is 19.9 Å². The van der Waals surface area contributed by atoms with Gasteiger partial charge >= 0.3 is 18.2 Å². The molecule has 1 aromatic rings. The number of esters is 2. The molecule has 0 spiro atoms. The van der Waals surface area contributed by atoms with Crippen LogP contribution in [0.15, 0.2) is 24.5 Å². The number of aliphatic hydroxyl groups is 1. The van der Waals surface area contributed by atoms with E-state index < -0.39 is 49.0 Å². The minimum absolute atomic E-state index is 0.221. The van der Waals surface area contributed by atoms with Gasteiger partial charge in [0.15, 0.2) is 18.5 Å². The third-order valence-corrected chi connectivity index (χ3v) is 3.47. The second-order valence-electron chi connectivity index (χ2n) is 5.30. The first-order valence-corrected chi connectivity index (χ1v) is 7.25. The van der Waals surface area contributed by atoms with Crippen molar-refractivity contribution in [2.75, 3.05) is 6.61 Å². The molecule has 0 radical (unpaired) electrons. The zero-order valence-electron chi connectivity index (χ0n) is 13.2. The summed E-state index contributed by atoms with van der Waals surface area (Å²) in [5.74, 6) is -1.84. The van der Waals surface area contributed by atoms with E-state index in [2.05, 4.69) is 0 Å². The summed E-state index contributed by atoms with van der Waals surface area (Å²) >= 11 is 0. The van der Waals surface area contributed by atoms with Gasteiger partial charge in [0.05, 0.1) is 6.61 Å². The van der Waals surface area contributed by atoms with E-state index in [1.165, 1.54) is 30.7 Å². The number of ether oxygens (including phenoxy) is 3. The smallest absolute Gasteiger partial charge is 0.304 e. The number of rotatable bonds is 5. The lowest BCUT2D eigenvalue weighted by atomic mass is 10.1. The van der Waals surface area contributed by atoms with E-state index in [1.54, 1.807) is 12.3 Å². The number of carbonyl (C=O) groups is 3. The van der Waals surface area contributed by atoms with E-state index in [-0.39, 0.29) is 5.56 Å². The third kappa shape index (κ3) is 3.87. The topological polar surface area (TPSA) is 129 Å². The Morgan fingerprint density at radius 2 is 1.88 bits per heavy atom. The van der Waals surface area contributed by atoms with Crippen molar-refractivity contribution in [3.8, 4) is 0 Å². The molecule has 4 atom stereocenters. The van der Waals surface area contributed by atoms with E-state index in [4.69, 9.17) is 19.9 Å². The molecule has 2 rings (SSSR count). The quantitative estimate of drug-likeness (QED) is 0.510. The number of pyridine rings is 1. The number of carbonyl (C=O) groups excluding carboxylic acids is 3. The molecule has 3 N–H and O–H groups in total. The fourth-order valence-electron chi connectivity index (χ4n) is 2.54. The number of aliphatic hydroxyl groups excluding tert-OH is 1. The molecule has 1 aliphatic rings. The molecule has 1 aromatic heterocycles. The van der Waals surface area contributed by atoms with Crippen LogP contribution in [0.25, 0.3) is 0 Å². The summed E-state index contributed by atoms with van der Waals surface area (Å²) in [6.45, 7) is 1.97. The van der Waals surface area contributed by atoms with Crippen LogP contribution in [0.3, 0.4) is 0 Å². The maximum atomic E-state index is 11.4. The molecular formula is C15H19N2O7+. The lowest BCUT2D eigenvalue weighted by Crippen LogP contribution is -2.48. The first-order chi connectivity index (χ1) is 11.3. The molecular weight excluding hydrogens is 320 g/mol. The van der Waals surface area contributed by atoms with Gasteiger partial charge in [-0.2, -0.15) is 4.57 Å². The normalized spacial score (nSPS) is 26.0. The van der Waals surface area contributed by atoms with Crippen molar-refractivity contribution in [3.05, 3.63) is 30.1 Å². The van der Waals surface area contributed by atoms with Gasteiger partial charge < -0.3 is 25.1 Å². The second kappa shape index (κ2) is 7.37. The van der Waals surface area contributed by atoms with Gasteiger partial charge in [-0.15, -0.1) is 0 Å². The SMILES string of the molecule is CC(=O)O[C@@H]1[C@H](OC(C)=O)[C@@H](CO)O[C@H]1[n+]1cccc(C(N)=O)c1. The Morgan fingerprint density at radius 1 is 1.25 bits per heavy atom. The van der Waals surface area contributed by atoms with Crippen LogP contribution >= 0.6 is 0 Å². The number of nitrogens with zero attached hydrogens (tertiary/aromatic N) is 1. The minimum atomic E-state index is -0.989. The molecule has 1 fully saturated rings. The molecule has 130 valence electrons. The van der Waals surface area contributed by atoms with E-state index in [9.17, 15) is 19.5 Å². The molecule has 1 saturated heterocycles. The van der Waals surface area contributed by atoms with Crippen LogP contribution in [0.4, 0.5) is 0 Å². The van der Waals surface area contributed by atoms with Crippen LogP contribution in [0.5, 0.6) is 0 Å². The fraction of sp³-hybridized carbons (Fsp3) is 0.467. The molecule has 1 aliphatic heterocycles. The lowest BCUT2D eigenvalue weighted by Gasteiger charge is -2.20. The van der Waals surface area contributed by atoms with Gasteiger partial charge in [0.2, 0.25) is 6.10 Å². The van der Waals surface area contributed by atoms with E-state index in [0.717, 1.165) is 0 Å². The van der Waals surface area contributed by atoms with Gasteiger partial charge in [-0.05, 0) is 6.07 Å². The van der Waals surface area contributed by atoms with E-state index in [0.29, 0.717) is 0 Å². The molecule has 2 heterocycles. The van der Waals surface area contributed by atoms with Crippen LogP contribution < -0.4 is 10.3 Å². The number of nitrogens with two attached hydrogens (primary N) is 1. The maximum Gasteiger partial charge on any atom is 0.304 e. The molecule has 0 bridgehead atoms. The van der Waals surface area contributed by atoms with Crippen LogP contribution in [0.2, 0.25) is 0 Å². The molecule has 0 aromatic carbocycles. The molecule has 1 amide bonds. The summed E-state index contributed by atoms with van der Waals surface area (Å²) in [4.78, 5) is 34.1. The van der Waals surface area contributed by atoms with Gasteiger partial charge in [0.1, 0.15) is 11.7 Å². The Hall–Kier alpha value is -2.52. The standard InChI is InChI=1S/C15H18N2O7/c1-8(19)22-12-11(7-18)24-15(13(12)23-9(2)20)17-5-3-4-10(6-17)14(16)21/h3-6,11-13,15,18H,7H2,1-2H3,(H-,16,21)/p+1/t11-,12-,13-,15-/m1/s1. The van der Waals surface area contributed by atoms with Crippen LogP contribution in [-0.2, 0) is 23.8 Å². The van der Waals surface area contributed by atoms with Crippen LogP contribution in [0.1, 0.15) is 30.4 Å². The monoisotopic (exact) mass is 339 g/mol. The Kier molecular flexibility index (Phi) is 5.47. The number of hydrogen-bond donors (Lipinski definition) is 2. The second-order valence-corrected chi connectivity index (χ2v) is 5.30. The van der Waals surface area contributed by atoms with Crippen molar-refractivity contribution < 1.29 is 38.3 Å². The van der Waals surface area contributed by atoms with Crippen LogP contribution in [-0.4, -0.2) is 47.9 Å². The maximum absolute atomic E-state index is 11.4. The highest BCUT2D eigenvalue weighted by molar-refractivity contribution is 5.92. The fourth-order valence-corrected chi connectivity index (χ4v) is 2.54. The van der Waals surface area contributed by atoms with E-state index >= 15 is 0 Å². The Labute approximate surface area is 137 Å². The predicted molar refractivity (Wildman–Crippen MR) is 77.3 cm³/mol. The van der Waals surface area contributed by atoms with Crippen molar-refractivity contribution in [1.29, 1.82) is 0 Å². The van der Waals surface area contributed by atoms with Gasteiger partial charge in [-0.1, -0.05) is 0 Å². The van der Waals surface area contributed by atoms with Crippen molar-refractivity contribution in [2.24, 2.45) is 5.73 Å². The molecule has 9 nitrogen and oxygen atoms in total. The van der Waals surface area contributed by atoms with Crippen molar-refractivity contribution >= 4 is 17.8 Å². The van der Waals surface area contributed by atoms with Crippen LogP contribution in [0, 0.1) is 0 Å². The largest absolute Gasteiger partial charge is 0.455 e. The zero-order chi connectivity index (χ0) is 17.9.